The summed E-state index contributed by atoms with van der Waals surface area (Å²) in [4.78, 5) is 18.8. The van der Waals surface area contributed by atoms with Crippen molar-refractivity contribution in [1.29, 1.82) is 0 Å². The van der Waals surface area contributed by atoms with Gasteiger partial charge in [-0.25, -0.2) is 0 Å². The van der Waals surface area contributed by atoms with Crippen LogP contribution < -0.4 is 15.5 Å². The second-order valence-electron chi connectivity index (χ2n) is 7.48. The van der Waals surface area contributed by atoms with Gasteiger partial charge in [-0.1, -0.05) is 25.3 Å². The number of anilines is 2. The van der Waals surface area contributed by atoms with Gasteiger partial charge in [0.15, 0.2) is 0 Å². The number of nitrogens with one attached hydrogen (secondary N) is 2. The SMILES string of the molecule is COCC(=O)N1CCCCCCCNCc2cc(NCc3cccnc3)ccc21. The van der Waals surface area contributed by atoms with Gasteiger partial charge in [0, 0.05) is 50.5 Å². The number of pyridine rings is 1. The number of ether oxygens (including phenoxy) is 1. The number of carbonyl (C=O) groups is 1. The molecule has 0 aliphatic carbocycles. The molecule has 0 spiro atoms. The van der Waals surface area contributed by atoms with Crippen molar-refractivity contribution in [2.24, 2.45) is 0 Å². The molecule has 1 aromatic heterocycles. The number of carbonyl (C=O) groups excluding carboxylic acids is 1. The van der Waals surface area contributed by atoms with E-state index in [1.165, 1.54) is 19.3 Å². The summed E-state index contributed by atoms with van der Waals surface area (Å²) in [7, 11) is 1.57. The Morgan fingerprint density at radius 3 is 2.90 bits per heavy atom. The summed E-state index contributed by atoms with van der Waals surface area (Å²) in [5, 5.41) is 7.02. The van der Waals surface area contributed by atoms with Crippen LogP contribution in [0.15, 0.2) is 42.7 Å². The normalized spacial score (nSPS) is 15.7. The Morgan fingerprint density at radius 1 is 1.21 bits per heavy atom. The van der Waals surface area contributed by atoms with Gasteiger partial charge in [0.2, 0.25) is 0 Å². The molecule has 0 saturated heterocycles. The number of aromatic nitrogens is 1. The van der Waals surface area contributed by atoms with Gasteiger partial charge >= 0.3 is 0 Å². The summed E-state index contributed by atoms with van der Waals surface area (Å²) in [5.41, 5.74) is 4.29. The van der Waals surface area contributed by atoms with E-state index in [1.54, 1.807) is 13.3 Å². The Hall–Kier alpha value is -2.44. The molecule has 1 aliphatic rings. The molecule has 0 saturated carbocycles. The van der Waals surface area contributed by atoms with Crippen LogP contribution in [0, 0.1) is 0 Å². The van der Waals surface area contributed by atoms with Crippen molar-refractivity contribution in [3.05, 3.63) is 53.9 Å². The van der Waals surface area contributed by atoms with Crippen molar-refractivity contribution in [2.45, 2.75) is 45.2 Å². The Labute approximate surface area is 173 Å². The van der Waals surface area contributed by atoms with E-state index in [0.29, 0.717) is 6.54 Å². The fraction of sp³-hybridized carbons (Fsp3) is 0.478. The molecule has 2 heterocycles. The van der Waals surface area contributed by atoms with Crippen LogP contribution in [0.25, 0.3) is 0 Å². The topological polar surface area (TPSA) is 66.5 Å². The van der Waals surface area contributed by atoms with Crippen LogP contribution in [0.1, 0.15) is 43.2 Å². The van der Waals surface area contributed by atoms with Gasteiger partial charge in [-0.05, 0) is 54.8 Å². The zero-order valence-electron chi connectivity index (χ0n) is 17.3. The first-order valence-electron chi connectivity index (χ1n) is 10.5. The molecule has 0 bridgehead atoms. The lowest BCUT2D eigenvalue weighted by atomic mass is 10.1. The van der Waals surface area contributed by atoms with Crippen molar-refractivity contribution in [3.8, 4) is 0 Å². The minimum atomic E-state index is 0.0156. The molecule has 2 N–H and O–H groups in total. The highest BCUT2D eigenvalue weighted by Crippen LogP contribution is 2.26. The summed E-state index contributed by atoms with van der Waals surface area (Å²) in [6.07, 6.45) is 9.47. The molecule has 3 rings (SSSR count). The molecule has 6 heteroatoms. The maximum atomic E-state index is 12.7. The monoisotopic (exact) mass is 396 g/mol. The maximum absolute atomic E-state index is 12.7. The third-order valence-corrected chi connectivity index (χ3v) is 5.21. The van der Waals surface area contributed by atoms with Crippen LogP contribution in [-0.2, 0) is 22.6 Å². The summed E-state index contributed by atoms with van der Waals surface area (Å²) in [5.74, 6) is 0.0156. The molecule has 0 radical (unpaired) electrons. The molecule has 2 aromatic rings. The Morgan fingerprint density at radius 2 is 2.07 bits per heavy atom. The van der Waals surface area contributed by atoms with E-state index >= 15 is 0 Å². The lowest BCUT2D eigenvalue weighted by molar-refractivity contribution is -0.122. The number of methoxy groups -OCH3 is 1. The number of nitrogens with zero attached hydrogens (tertiary/aromatic N) is 2. The third kappa shape index (κ3) is 6.54. The lowest BCUT2D eigenvalue weighted by Crippen LogP contribution is -2.36. The average Bonchev–Trinajstić information content (AvgIpc) is 2.74. The molecule has 1 aliphatic heterocycles. The number of benzene rings is 1. The molecular weight excluding hydrogens is 364 g/mol. The second-order valence-corrected chi connectivity index (χ2v) is 7.48. The van der Waals surface area contributed by atoms with Gasteiger partial charge in [0.1, 0.15) is 6.61 Å². The summed E-state index contributed by atoms with van der Waals surface area (Å²) < 4.78 is 5.13. The minimum absolute atomic E-state index is 0.0156. The van der Waals surface area contributed by atoms with E-state index in [-0.39, 0.29) is 12.5 Å². The number of hydrogen-bond acceptors (Lipinski definition) is 5. The molecular formula is C23H32N4O2. The summed E-state index contributed by atoms with van der Waals surface area (Å²) in [6, 6.07) is 10.3. The predicted molar refractivity (Wildman–Crippen MR) is 117 cm³/mol. The maximum Gasteiger partial charge on any atom is 0.252 e. The van der Waals surface area contributed by atoms with E-state index in [1.807, 2.05) is 23.2 Å². The molecule has 0 unspecified atom stereocenters. The van der Waals surface area contributed by atoms with Gasteiger partial charge in [-0.3, -0.25) is 9.78 Å². The fourth-order valence-electron chi connectivity index (χ4n) is 3.66. The van der Waals surface area contributed by atoms with Crippen LogP contribution >= 0.6 is 0 Å². The Kier molecular flexibility index (Phi) is 8.46. The highest BCUT2D eigenvalue weighted by molar-refractivity contribution is 5.95. The number of amides is 1. The minimum Gasteiger partial charge on any atom is -0.381 e. The highest BCUT2D eigenvalue weighted by Gasteiger charge is 2.19. The largest absolute Gasteiger partial charge is 0.381 e. The van der Waals surface area contributed by atoms with E-state index in [4.69, 9.17) is 4.74 Å². The summed E-state index contributed by atoms with van der Waals surface area (Å²) in [6.45, 7) is 3.30. The van der Waals surface area contributed by atoms with Gasteiger partial charge < -0.3 is 20.3 Å². The van der Waals surface area contributed by atoms with E-state index in [9.17, 15) is 4.79 Å². The quantitative estimate of drug-likeness (QED) is 0.806. The van der Waals surface area contributed by atoms with Gasteiger partial charge in [0.25, 0.3) is 5.91 Å². The van der Waals surface area contributed by atoms with Gasteiger partial charge in [0.05, 0.1) is 0 Å². The van der Waals surface area contributed by atoms with Crippen molar-refractivity contribution >= 4 is 17.3 Å². The van der Waals surface area contributed by atoms with Crippen molar-refractivity contribution in [2.75, 3.05) is 37.0 Å². The Balaban J connectivity index is 1.81. The zero-order valence-corrected chi connectivity index (χ0v) is 17.3. The Bertz CT molecular complexity index is 767. The lowest BCUT2D eigenvalue weighted by Gasteiger charge is -2.26. The predicted octanol–water partition coefficient (Wildman–Crippen LogP) is 3.73. The molecule has 29 heavy (non-hydrogen) atoms. The number of fused-ring (bicyclic) bond motifs is 1. The van der Waals surface area contributed by atoms with Crippen LogP contribution in [0.3, 0.4) is 0 Å². The van der Waals surface area contributed by atoms with Crippen molar-refractivity contribution < 1.29 is 9.53 Å². The molecule has 156 valence electrons. The standard InChI is InChI=1S/C23H32N4O2/c1-29-18-23(28)27-13-6-4-2-3-5-11-25-17-20-14-21(9-10-22(20)27)26-16-19-8-7-12-24-15-19/h7-10,12,14-15,25-26H,2-6,11,13,16-18H2,1H3. The molecule has 1 amide bonds. The zero-order chi connectivity index (χ0) is 20.3. The first-order valence-corrected chi connectivity index (χ1v) is 10.5. The third-order valence-electron chi connectivity index (χ3n) is 5.21. The molecule has 1 aromatic carbocycles. The van der Waals surface area contributed by atoms with E-state index in [2.05, 4.69) is 33.8 Å². The van der Waals surface area contributed by atoms with E-state index < -0.39 is 0 Å². The first-order chi connectivity index (χ1) is 14.3. The van der Waals surface area contributed by atoms with Crippen LogP contribution in [0.5, 0.6) is 0 Å². The van der Waals surface area contributed by atoms with Crippen LogP contribution in [0.4, 0.5) is 11.4 Å². The number of hydrogen-bond donors (Lipinski definition) is 2. The summed E-state index contributed by atoms with van der Waals surface area (Å²) >= 11 is 0. The molecule has 0 atom stereocenters. The molecule has 0 fully saturated rings. The molecule has 6 nitrogen and oxygen atoms in total. The fourth-order valence-corrected chi connectivity index (χ4v) is 3.66. The first kappa shape index (κ1) is 21.3. The van der Waals surface area contributed by atoms with Crippen molar-refractivity contribution in [1.82, 2.24) is 10.3 Å². The highest BCUT2D eigenvalue weighted by atomic mass is 16.5. The smallest absolute Gasteiger partial charge is 0.252 e. The van der Waals surface area contributed by atoms with Crippen molar-refractivity contribution in [3.63, 3.8) is 0 Å². The number of rotatable bonds is 5. The average molecular weight is 397 g/mol. The van der Waals surface area contributed by atoms with Gasteiger partial charge in [-0.2, -0.15) is 0 Å². The van der Waals surface area contributed by atoms with Crippen LogP contribution in [0.2, 0.25) is 0 Å². The second kappa shape index (κ2) is 11.5. The van der Waals surface area contributed by atoms with E-state index in [0.717, 1.165) is 55.0 Å². The van der Waals surface area contributed by atoms with Gasteiger partial charge in [-0.15, -0.1) is 0 Å². The van der Waals surface area contributed by atoms with Crippen LogP contribution in [-0.4, -0.2) is 37.7 Å².